The Hall–Kier alpha value is -1.10. The van der Waals surface area contributed by atoms with E-state index in [1.54, 1.807) is 12.1 Å². The Labute approximate surface area is 108 Å². The third-order valence-corrected chi connectivity index (χ3v) is 4.25. The van der Waals surface area contributed by atoms with Crippen LogP contribution < -0.4 is 4.74 Å². The van der Waals surface area contributed by atoms with Gasteiger partial charge < -0.3 is 4.74 Å². The van der Waals surface area contributed by atoms with Gasteiger partial charge in [0.15, 0.2) is 21.4 Å². The van der Waals surface area contributed by atoms with E-state index in [-0.39, 0.29) is 23.9 Å². The van der Waals surface area contributed by atoms with Crippen LogP contribution in [0.4, 0.5) is 4.39 Å². The molecule has 0 amide bonds. The summed E-state index contributed by atoms with van der Waals surface area (Å²) in [5.74, 6) is -0.255. The summed E-state index contributed by atoms with van der Waals surface area (Å²) in [5, 5.41) is 0. The summed E-state index contributed by atoms with van der Waals surface area (Å²) < 4.78 is 41.5. The first-order valence-corrected chi connectivity index (χ1v) is 7.95. The van der Waals surface area contributed by atoms with Gasteiger partial charge in [-0.25, -0.2) is 12.8 Å². The number of hydrogen-bond acceptors (Lipinski definition) is 3. The average Bonchev–Trinajstić information content (AvgIpc) is 2.32. The molecule has 18 heavy (non-hydrogen) atoms. The van der Waals surface area contributed by atoms with Gasteiger partial charge in [-0.3, -0.25) is 0 Å². The van der Waals surface area contributed by atoms with Crippen LogP contribution in [-0.4, -0.2) is 26.5 Å². The van der Waals surface area contributed by atoms with Crippen molar-refractivity contribution >= 4 is 9.84 Å². The Morgan fingerprint density at radius 1 is 1.17 bits per heavy atom. The van der Waals surface area contributed by atoms with Crippen molar-refractivity contribution in [2.75, 3.05) is 18.1 Å². The number of ether oxygens (including phenoxy) is 1. The van der Waals surface area contributed by atoms with Crippen molar-refractivity contribution in [3.8, 4) is 5.75 Å². The second-order valence-corrected chi connectivity index (χ2v) is 6.44. The zero-order valence-electron chi connectivity index (χ0n) is 10.6. The molecule has 0 heterocycles. The van der Waals surface area contributed by atoms with E-state index in [9.17, 15) is 12.8 Å². The molecule has 1 aromatic carbocycles. The normalized spacial score (nSPS) is 11.4. The Bertz CT molecular complexity index is 457. The number of rotatable bonds is 8. The maximum atomic E-state index is 13.2. The van der Waals surface area contributed by atoms with Gasteiger partial charge >= 0.3 is 0 Å². The summed E-state index contributed by atoms with van der Waals surface area (Å²) >= 11 is 0. The second-order valence-electron chi connectivity index (χ2n) is 4.14. The Morgan fingerprint density at radius 2 is 1.89 bits per heavy atom. The molecule has 102 valence electrons. The fraction of sp³-hybridized carbons (Fsp3) is 0.538. The van der Waals surface area contributed by atoms with Crippen molar-refractivity contribution in [1.82, 2.24) is 0 Å². The smallest absolute Gasteiger partial charge is 0.165 e. The Kier molecular flexibility index (Phi) is 6.12. The molecule has 0 spiro atoms. The van der Waals surface area contributed by atoms with Gasteiger partial charge in [0.25, 0.3) is 0 Å². The molecule has 0 fully saturated rings. The molecule has 0 bridgehead atoms. The van der Waals surface area contributed by atoms with Crippen LogP contribution in [0.15, 0.2) is 24.3 Å². The molecule has 0 N–H and O–H groups in total. The van der Waals surface area contributed by atoms with Crippen molar-refractivity contribution in [2.24, 2.45) is 0 Å². The van der Waals surface area contributed by atoms with Crippen LogP contribution >= 0.6 is 0 Å². The number of benzene rings is 1. The third kappa shape index (κ3) is 5.49. The van der Waals surface area contributed by atoms with Gasteiger partial charge in [-0.2, -0.15) is 0 Å². The molecular formula is C13H19FO3S. The maximum absolute atomic E-state index is 13.2. The lowest BCUT2D eigenvalue weighted by atomic mass is 10.3. The van der Waals surface area contributed by atoms with Gasteiger partial charge in [0.05, 0.1) is 11.5 Å². The summed E-state index contributed by atoms with van der Waals surface area (Å²) in [4.78, 5) is 0. The van der Waals surface area contributed by atoms with E-state index in [2.05, 4.69) is 0 Å². The van der Waals surface area contributed by atoms with Gasteiger partial charge in [-0.05, 0) is 18.6 Å². The molecule has 0 atom stereocenters. The summed E-state index contributed by atoms with van der Waals surface area (Å²) in [7, 11) is -3.08. The first kappa shape index (κ1) is 15.0. The lowest BCUT2D eigenvalue weighted by Crippen LogP contribution is -2.17. The first-order chi connectivity index (χ1) is 8.55. The van der Waals surface area contributed by atoms with Gasteiger partial charge in [-0.1, -0.05) is 31.9 Å². The van der Waals surface area contributed by atoms with Crippen molar-refractivity contribution in [3.63, 3.8) is 0 Å². The highest BCUT2D eigenvalue weighted by molar-refractivity contribution is 7.91. The van der Waals surface area contributed by atoms with E-state index in [1.165, 1.54) is 12.1 Å². The minimum Gasteiger partial charge on any atom is -0.489 e. The minimum absolute atomic E-state index is 0.00457. The first-order valence-electron chi connectivity index (χ1n) is 6.13. The highest BCUT2D eigenvalue weighted by atomic mass is 32.2. The molecule has 0 saturated heterocycles. The van der Waals surface area contributed by atoms with Crippen LogP contribution in [0, 0.1) is 5.82 Å². The van der Waals surface area contributed by atoms with E-state index in [0.717, 1.165) is 12.8 Å². The standard InChI is InChI=1S/C13H19FO3S/c1-2-3-6-10-18(15,16)11-9-17-13-8-5-4-7-12(13)14/h4-5,7-8H,2-3,6,9-11H2,1H3. The van der Waals surface area contributed by atoms with E-state index in [1.807, 2.05) is 6.92 Å². The van der Waals surface area contributed by atoms with Crippen LogP contribution in [0.3, 0.4) is 0 Å². The zero-order valence-corrected chi connectivity index (χ0v) is 11.4. The number of unbranched alkanes of at least 4 members (excludes halogenated alkanes) is 2. The lowest BCUT2D eigenvalue weighted by molar-refractivity contribution is 0.322. The SMILES string of the molecule is CCCCCS(=O)(=O)CCOc1ccccc1F. The molecule has 0 saturated carbocycles. The number of halogens is 1. The van der Waals surface area contributed by atoms with Crippen molar-refractivity contribution in [1.29, 1.82) is 0 Å². The van der Waals surface area contributed by atoms with Gasteiger partial charge in [0.1, 0.15) is 6.61 Å². The van der Waals surface area contributed by atoms with Crippen molar-refractivity contribution in [2.45, 2.75) is 26.2 Å². The van der Waals surface area contributed by atoms with E-state index < -0.39 is 15.7 Å². The lowest BCUT2D eigenvalue weighted by Gasteiger charge is -2.07. The zero-order chi connectivity index (χ0) is 13.4. The second kappa shape index (κ2) is 7.36. The molecule has 0 aliphatic rings. The minimum atomic E-state index is -3.08. The molecular weight excluding hydrogens is 255 g/mol. The summed E-state index contributed by atoms with van der Waals surface area (Å²) in [6, 6.07) is 5.97. The van der Waals surface area contributed by atoms with Crippen LogP contribution in [0.25, 0.3) is 0 Å². The quantitative estimate of drug-likeness (QED) is 0.685. The topological polar surface area (TPSA) is 43.4 Å². The Balaban J connectivity index is 2.35. The van der Waals surface area contributed by atoms with Crippen LogP contribution in [0.2, 0.25) is 0 Å². The summed E-state index contributed by atoms with van der Waals surface area (Å²) in [6.45, 7) is 2.02. The average molecular weight is 274 g/mol. The van der Waals surface area contributed by atoms with Crippen LogP contribution in [-0.2, 0) is 9.84 Å². The molecule has 5 heteroatoms. The van der Waals surface area contributed by atoms with Gasteiger partial charge in [0.2, 0.25) is 0 Å². The van der Waals surface area contributed by atoms with Crippen molar-refractivity contribution in [3.05, 3.63) is 30.1 Å². The number of para-hydroxylation sites is 1. The summed E-state index contributed by atoms with van der Waals surface area (Å²) in [6.07, 6.45) is 2.58. The van der Waals surface area contributed by atoms with Gasteiger partial charge in [-0.15, -0.1) is 0 Å². The Morgan fingerprint density at radius 3 is 2.56 bits per heavy atom. The van der Waals surface area contributed by atoms with Crippen LogP contribution in [0.5, 0.6) is 5.75 Å². The molecule has 0 aromatic heterocycles. The number of hydrogen-bond donors (Lipinski definition) is 0. The molecule has 0 aliphatic carbocycles. The molecule has 3 nitrogen and oxygen atoms in total. The predicted molar refractivity (Wildman–Crippen MR) is 70.1 cm³/mol. The predicted octanol–water partition coefficient (Wildman–Crippen LogP) is 2.81. The van der Waals surface area contributed by atoms with Gasteiger partial charge in [0, 0.05) is 0 Å². The fourth-order valence-corrected chi connectivity index (χ4v) is 2.70. The molecule has 1 rings (SSSR count). The highest BCUT2D eigenvalue weighted by Gasteiger charge is 2.11. The fourth-order valence-electron chi connectivity index (χ4n) is 1.51. The molecule has 0 radical (unpaired) electrons. The highest BCUT2D eigenvalue weighted by Crippen LogP contribution is 2.15. The molecule has 1 aromatic rings. The van der Waals surface area contributed by atoms with E-state index >= 15 is 0 Å². The molecule has 0 unspecified atom stereocenters. The maximum Gasteiger partial charge on any atom is 0.165 e. The third-order valence-electron chi connectivity index (χ3n) is 2.55. The molecule has 0 aliphatic heterocycles. The van der Waals surface area contributed by atoms with Crippen molar-refractivity contribution < 1.29 is 17.5 Å². The van der Waals surface area contributed by atoms with E-state index in [0.29, 0.717) is 6.42 Å². The largest absolute Gasteiger partial charge is 0.489 e. The monoisotopic (exact) mass is 274 g/mol. The van der Waals surface area contributed by atoms with E-state index in [4.69, 9.17) is 4.74 Å². The summed E-state index contributed by atoms with van der Waals surface area (Å²) in [5.41, 5.74) is 0. The number of sulfone groups is 1. The van der Waals surface area contributed by atoms with Crippen LogP contribution in [0.1, 0.15) is 26.2 Å².